The van der Waals surface area contributed by atoms with E-state index in [1.54, 1.807) is 13.8 Å². The molecule has 0 spiro atoms. The Morgan fingerprint density at radius 3 is 2.31 bits per heavy atom. The zero-order valence-electron chi connectivity index (χ0n) is 18.7. The standard InChI is InChI=1S/C21H23ClF3N2O7P/c1-3-32-35(31,33-4-2)20(26)10-8-18(28)15-12-14(6-7-17(15)27(29)30)34-19-9-5-13(11-16(19)22)21(23,24)25/h5-7,9,11-12,20H,3-4,8,10,26H2,1-2H3. The zero-order chi connectivity index (χ0) is 26.4. The van der Waals surface area contributed by atoms with Gasteiger partial charge in [-0.25, -0.2) is 0 Å². The summed E-state index contributed by atoms with van der Waals surface area (Å²) in [6, 6.07) is 5.69. The normalized spacial score (nSPS) is 12.9. The summed E-state index contributed by atoms with van der Waals surface area (Å²) in [6.45, 7) is 3.33. The lowest BCUT2D eigenvalue weighted by Gasteiger charge is -2.22. The molecular weight excluding hydrogens is 516 g/mol. The molecule has 0 amide bonds. The molecule has 2 rings (SSSR count). The van der Waals surface area contributed by atoms with Gasteiger partial charge in [0.2, 0.25) is 0 Å². The predicted molar refractivity (Wildman–Crippen MR) is 122 cm³/mol. The van der Waals surface area contributed by atoms with Crippen LogP contribution >= 0.6 is 19.2 Å². The van der Waals surface area contributed by atoms with Gasteiger partial charge >= 0.3 is 13.8 Å². The van der Waals surface area contributed by atoms with E-state index in [2.05, 4.69) is 0 Å². The molecule has 14 heteroatoms. The van der Waals surface area contributed by atoms with Crippen molar-refractivity contribution in [2.75, 3.05) is 13.2 Å². The first kappa shape index (κ1) is 28.7. The summed E-state index contributed by atoms with van der Waals surface area (Å²) < 4.78 is 67.0. The lowest BCUT2D eigenvalue weighted by atomic mass is 10.0. The Bertz CT molecular complexity index is 1120. The monoisotopic (exact) mass is 538 g/mol. The number of Topliss-reactive ketones (excluding diaryl/α,β-unsaturated/α-hetero) is 1. The highest BCUT2D eigenvalue weighted by molar-refractivity contribution is 7.54. The van der Waals surface area contributed by atoms with Crippen LogP contribution in [0, 0.1) is 10.1 Å². The van der Waals surface area contributed by atoms with Crippen molar-refractivity contribution in [3.63, 3.8) is 0 Å². The largest absolute Gasteiger partial charge is 0.456 e. The molecule has 0 aliphatic carbocycles. The van der Waals surface area contributed by atoms with Crippen LogP contribution in [-0.2, 0) is 19.8 Å². The number of nitrogens with zero attached hydrogens (tertiary/aromatic N) is 1. The van der Waals surface area contributed by atoms with Gasteiger partial charge in [0.05, 0.1) is 34.3 Å². The number of benzene rings is 2. The molecule has 1 unspecified atom stereocenters. The molecule has 0 heterocycles. The number of hydrogen-bond acceptors (Lipinski definition) is 8. The van der Waals surface area contributed by atoms with Crippen LogP contribution in [0.5, 0.6) is 11.5 Å². The number of alkyl halides is 3. The molecule has 0 fully saturated rings. The molecule has 0 bridgehead atoms. The first-order valence-electron chi connectivity index (χ1n) is 10.3. The van der Waals surface area contributed by atoms with Crippen molar-refractivity contribution in [3.05, 3.63) is 62.7 Å². The van der Waals surface area contributed by atoms with Crippen molar-refractivity contribution in [2.45, 2.75) is 38.6 Å². The van der Waals surface area contributed by atoms with E-state index in [1.807, 2.05) is 0 Å². The second kappa shape index (κ2) is 12.0. The smallest absolute Gasteiger partial charge is 0.416 e. The summed E-state index contributed by atoms with van der Waals surface area (Å²) in [7, 11) is -3.69. The second-order valence-electron chi connectivity index (χ2n) is 7.09. The Morgan fingerprint density at radius 1 is 1.17 bits per heavy atom. The molecule has 2 aromatic rings. The van der Waals surface area contributed by atoms with Crippen molar-refractivity contribution >= 4 is 30.7 Å². The maximum Gasteiger partial charge on any atom is 0.416 e. The Morgan fingerprint density at radius 2 is 1.80 bits per heavy atom. The maximum absolute atomic E-state index is 12.8. The first-order valence-corrected chi connectivity index (χ1v) is 12.3. The van der Waals surface area contributed by atoms with Crippen molar-refractivity contribution in [2.24, 2.45) is 5.73 Å². The summed E-state index contributed by atoms with van der Waals surface area (Å²) in [6.07, 6.45) is -5.08. The molecule has 0 aliphatic heterocycles. The van der Waals surface area contributed by atoms with Crippen molar-refractivity contribution < 1.29 is 41.2 Å². The number of carbonyl (C=O) groups excluding carboxylic acids is 1. The minimum absolute atomic E-state index is 0.0658. The van der Waals surface area contributed by atoms with Gasteiger partial charge in [0.15, 0.2) is 5.78 Å². The van der Waals surface area contributed by atoms with E-state index in [4.69, 9.17) is 31.1 Å². The summed E-state index contributed by atoms with van der Waals surface area (Å²) >= 11 is 5.88. The van der Waals surface area contributed by atoms with Gasteiger partial charge < -0.3 is 19.5 Å². The quantitative estimate of drug-likeness (QED) is 0.139. The predicted octanol–water partition coefficient (Wildman–Crippen LogP) is 6.57. The Hall–Kier alpha value is -2.50. The maximum atomic E-state index is 12.8. The van der Waals surface area contributed by atoms with Gasteiger partial charge in [0, 0.05) is 12.5 Å². The summed E-state index contributed by atoms with van der Waals surface area (Å²) in [5.41, 5.74) is 4.09. The van der Waals surface area contributed by atoms with E-state index in [1.165, 1.54) is 6.07 Å². The van der Waals surface area contributed by atoms with Gasteiger partial charge in [-0.15, -0.1) is 0 Å². The van der Waals surface area contributed by atoms with E-state index < -0.39 is 41.5 Å². The van der Waals surface area contributed by atoms with Gasteiger partial charge in [0.25, 0.3) is 5.69 Å². The summed E-state index contributed by atoms with van der Waals surface area (Å²) in [4.78, 5) is 23.5. The van der Waals surface area contributed by atoms with E-state index >= 15 is 0 Å². The van der Waals surface area contributed by atoms with Crippen LogP contribution in [0.3, 0.4) is 0 Å². The molecule has 0 aliphatic rings. The number of ketones is 1. The molecule has 0 radical (unpaired) electrons. The van der Waals surface area contributed by atoms with E-state index in [9.17, 15) is 32.6 Å². The van der Waals surface area contributed by atoms with Crippen molar-refractivity contribution in [1.29, 1.82) is 0 Å². The second-order valence-corrected chi connectivity index (χ2v) is 9.75. The molecule has 1 atom stereocenters. The van der Waals surface area contributed by atoms with Crippen molar-refractivity contribution in [3.8, 4) is 11.5 Å². The molecular formula is C21H23ClF3N2O7P. The summed E-state index contributed by atoms with van der Waals surface area (Å²) in [5, 5.41) is 11.1. The Labute approximate surface area is 204 Å². The fourth-order valence-electron chi connectivity index (χ4n) is 3.01. The molecule has 0 saturated carbocycles. The van der Waals surface area contributed by atoms with Gasteiger partial charge in [-0.05, 0) is 50.6 Å². The number of hydrogen-bond donors (Lipinski definition) is 1. The molecule has 2 N–H and O–H groups in total. The van der Waals surface area contributed by atoms with Gasteiger partial charge in [-0.2, -0.15) is 13.2 Å². The average molecular weight is 539 g/mol. The highest BCUT2D eigenvalue weighted by Gasteiger charge is 2.34. The molecule has 9 nitrogen and oxygen atoms in total. The number of carbonyl (C=O) groups is 1. The molecule has 192 valence electrons. The van der Waals surface area contributed by atoms with Gasteiger partial charge in [-0.3, -0.25) is 19.5 Å². The average Bonchev–Trinajstić information content (AvgIpc) is 2.78. The summed E-state index contributed by atoms with van der Waals surface area (Å²) in [5.74, 6) is -2.06. The van der Waals surface area contributed by atoms with Crippen LogP contribution in [0.15, 0.2) is 36.4 Å². The lowest BCUT2D eigenvalue weighted by molar-refractivity contribution is -0.385. The Kier molecular flexibility index (Phi) is 9.82. The SMILES string of the molecule is CCOP(=O)(OCC)C(N)CCC(=O)c1cc(Oc2ccc(C(F)(F)F)cc2Cl)ccc1[N+](=O)[O-]. The molecule has 0 aromatic heterocycles. The number of halogens is 4. The number of nitrogens with two attached hydrogens (primary N) is 1. The fraction of sp³-hybridized carbons (Fsp3) is 0.381. The van der Waals surface area contributed by atoms with Gasteiger partial charge in [0.1, 0.15) is 17.3 Å². The minimum atomic E-state index is -4.61. The third-order valence-electron chi connectivity index (χ3n) is 4.64. The number of rotatable bonds is 12. The van der Waals surface area contributed by atoms with Gasteiger partial charge in [-0.1, -0.05) is 11.6 Å². The van der Waals surface area contributed by atoms with Crippen LogP contribution in [0.25, 0.3) is 0 Å². The lowest BCUT2D eigenvalue weighted by Crippen LogP contribution is -2.24. The minimum Gasteiger partial charge on any atom is -0.456 e. The van der Waals surface area contributed by atoms with Crippen LogP contribution < -0.4 is 10.5 Å². The molecule has 2 aromatic carbocycles. The third-order valence-corrected chi connectivity index (χ3v) is 7.25. The highest BCUT2D eigenvalue weighted by Crippen LogP contribution is 2.52. The highest BCUT2D eigenvalue weighted by atomic mass is 35.5. The number of ether oxygens (including phenoxy) is 1. The molecule has 0 saturated heterocycles. The van der Waals surface area contributed by atoms with Crippen LogP contribution in [0.1, 0.15) is 42.6 Å². The first-order chi connectivity index (χ1) is 16.3. The number of nitro groups is 1. The Balaban J connectivity index is 2.27. The van der Waals surface area contributed by atoms with Crippen LogP contribution in [0.2, 0.25) is 5.02 Å². The van der Waals surface area contributed by atoms with E-state index in [0.29, 0.717) is 6.07 Å². The van der Waals surface area contributed by atoms with E-state index in [0.717, 1.165) is 24.3 Å². The zero-order valence-corrected chi connectivity index (χ0v) is 20.4. The fourth-order valence-corrected chi connectivity index (χ4v) is 4.85. The third kappa shape index (κ3) is 7.49. The van der Waals surface area contributed by atoms with Crippen LogP contribution in [-0.4, -0.2) is 29.7 Å². The van der Waals surface area contributed by atoms with Crippen molar-refractivity contribution in [1.82, 2.24) is 0 Å². The number of nitro benzene ring substituents is 1. The topological polar surface area (TPSA) is 131 Å². The van der Waals surface area contributed by atoms with E-state index in [-0.39, 0.29) is 48.1 Å². The molecule has 35 heavy (non-hydrogen) atoms. The van der Waals surface area contributed by atoms with Crippen LogP contribution in [0.4, 0.5) is 18.9 Å².